The van der Waals surface area contributed by atoms with E-state index in [9.17, 15) is 4.79 Å². The second-order valence-corrected chi connectivity index (χ2v) is 8.36. The molecule has 0 radical (unpaired) electrons. The molecule has 1 fully saturated rings. The summed E-state index contributed by atoms with van der Waals surface area (Å²) in [7, 11) is 0. The van der Waals surface area contributed by atoms with Gasteiger partial charge in [-0.2, -0.15) is 4.68 Å². The van der Waals surface area contributed by atoms with Gasteiger partial charge in [0.25, 0.3) is 5.91 Å². The first-order chi connectivity index (χ1) is 15.5. The summed E-state index contributed by atoms with van der Waals surface area (Å²) < 4.78 is 1.74. The number of hydrogen-bond donors (Lipinski definition) is 0. The first kappa shape index (κ1) is 20.1. The molecule has 0 saturated carbocycles. The number of carbonyl (C=O) groups is 1. The van der Waals surface area contributed by atoms with Crippen LogP contribution in [-0.4, -0.2) is 61.9 Å². The smallest absolute Gasteiger partial charge is 0.253 e. The Hall–Kier alpha value is -3.81. The van der Waals surface area contributed by atoms with Gasteiger partial charge in [-0.1, -0.05) is 40.1 Å². The fourth-order valence-corrected chi connectivity index (χ4v) is 4.23. The van der Waals surface area contributed by atoms with Crippen LogP contribution in [0.5, 0.6) is 0 Å². The SMILES string of the molecule is Cc1ccc(-n2nnc3c(N4CCN(C(=O)c5cc(C)cc(C)c5)CC4)ncnc32)cc1. The summed E-state index contributed by atoms with van der Waals surface area (Å²) in [5.74, 6) is 0.835. The minimum atomic E-state index is 0.0783. The van der Waals surface area contributed by atoms with Crippen molar-refractivity contribution in [2.45, 2.75) is 20.8 Å². The minimum Gasteiger partial charge on any atom is -0.351 e. The molecule has 0 unspecified atom stereocenters. The van der Waals surface area contributed by atoms with E-state index >= 15 is 0 Å². The van der Waals surface area contributed by atoms with Gasteiger partial charge < -0.3 is 9.80 Å². The van der Waals surface area contributed by atoms with Gasteiger partial charge in [-0.15, -0.1) is 5.10 Å². The van der Waals surface area contributed by atoms with E-state index in [1.807, 2.05) is 62.1 Å². The van der Waals surface area contributed by atoms with Crippen molar-refractivity contribution >= 4 is 22.9 Å². The van der Waals surface area contributed by atoms with Crippen LogP contribution in [0.25, 0.3) is 16.9 Å². The molecule has 32 heavy (non-hydrogen) atoms. The van der Waals surface area contributed by atoms with Crippen LogP contribution in [0.15, 0.2) is 48.8 Å². The molecular formula is C24H25N7O. The highest BCUT2D eigenvalue weighted by Gasteiger charge is 2.25. The van der Waals surface area contributed by atoms with E-state index in [0.717, 1.165) is 28.2 Å². The molecule has 1 aliphatic heterocycles. The molecule has 8 heteroatoms. The number of aryl methyl sites for hydroxylation is 3. The second-order valence-electron chi connectivity index (χ2n) is 8.36. The zero-order chi connectivity index (χ0) is 22.2. The second kappa shape index (κ2) is 8.03. The quantitative estimate of drug-likeness (QED) is 0.500. The van der Waals surface area contributed by atoms with Crippen LogP contribution in [0.3, 0.4) is 0 Å². The number of amides is 1. The fraction of sp³-hybridized carbons (Fsp3) is 0.292. The van der Waals surface area contributed by atoms with Crippen molar-refractivity contribution in [3.8, 4) is 5.69 Å². The Kier molecular flexibility index (Phi) is 5.05. The van der Waals surface area contributed by atoms with Gasteiger partial charge in [-0.05, 0) is 45.0 Å². The highest BCUT2D eigenvalue weighted by Crippen LogP contribution is 2.24. The number of anilines is 1. The minimum absolute atomic E-state index is 0.0783. The molecule has 2 aromatic carbocycles. The first-order valence-corrected chi connectivity index (χ1v) is 10.8. The Bertz CT molecular complexity index is 1270. The van der Waals surface area contributed by atoms with Crippen LogP contribution >= 0.6 is 0 Å². The number of benzene rings is 2. The number of carbonyl (C=O) groups excluding carboxylic acids is 1. The summed E-state index contributed by atoms with van der Waals surface area (Å²) in [5.41, 5.74) is 6.39. The molecule has 0 atom stereocenters. The molecule has 5 rings (SSSR count). The van der Waals surface area contributed by atoms with Crippen molar-refractivity contribution in [2.75, 3.05) is 31.1 Å². The largest absolute Gasteiger partial charge is 0.351 e. The van der Waals surface area contributed by atoms with Gasteiger partial charge >= 0.3 is 0 Å². The van der Waals surface area contributed by atoms with E-state index in [2.05, 4.69) is 31.2 Å². The molecule has 8 nitrogen and oxygen atoms in total. The van der Waals surface area contributed by atoms with Gasteiger partial charge in [0.15, 0.2) is 17.0 Å². The van der Waals surface area contributed by atoms with Gasteiger partial charge in [-0.3, -0.25) is 4.79 Å². The maximum absolute atomic E-state index is 13.0. The topological polar surface area (TPSA) is 80.0 Å². The van der Waals surface area contributed by atoms with Gasteiger partial charge in [0, 0.05) is 31.7 Å². The maximum Gasteiger partial charge on any atom is 0.253 e. The predicted molar refractivity (Wildman–Crippen MR) is 123 cm³/mol. The lowest BCUT2D eigenvalue weighted by atomic mass is 10.1. The van der Waals surface area contributed by atoms with Crippen molar-refractivity contribution in [1.82, 2.24) is 29.9 Å². The number of hydrogen-bond acceptors (Lipinski definition) is 6. The fourth-order valence-electron chi connectivity index (χ4n) is 4.23. The molecule has 0 N–H and O–H groups in total. The summed E-state index contributed by atoms with van der Waals surface area (Å²) in [5, 5.41) is 8.70. The third kappa shape index (κ3) is 3.68. The van der Waals surface area contributed by atoms with Gasteiger partial charge in [0.05, 0.1) is 5.69 Å². The molecular weight excluding hydrogens is 402 g/mol. The van der Waals surface area contributed by atoms with Crippen molar-refractivity contribution in [3.63, 3.8) is 0 Å². The number of piperazine rings is 1. The Balaban J connectivity index is 1.36. The summed E-state index contributed by atoms with van der Waals surface area (Å²) in [6.07, 6.45) is 1.55. The van der Waals surface area contributed by atoms with Gasteiger partial charge in [0.1, 0.15) is 6.33 Å². The summed E-state index contributed by atoms with van der Waals surface area (Å²) >= 11 is 0. The van der Waals surface area contributed by atoms with Crippen molar-refractivity contribution < 1.29 is 4.79 Å². The molecule has 2 aromatic heterocycles. The Labute approximate surface area is 186 Å². The first-order valence-electron chi connectivity index (χ1n) is 10.8. The van der Waals surface area contributed by atoms with Gasteiger partial charge in [-0.25, -0.2) is 9.97 Å². The van der Waals surface area contributed by atoms with E-state index in [-0.39, 0.29) is 5.91 Å². The number of aromatic nitrogens is 5. The predicted octanol–water partition coefficient (Wildman–Crippen LogP) is 3.10. The highest BCUT2D eigenvalue weighted by molar-refractivity contribution is 5.95. The zero-order valence-electron chi connectivity index (χ0n) is 18.5. The van der Waals surface area contributed by atoms with Gasteiger partial charge in [0.2, 0.25) is 0 Å². The maximum atomic E-state index is 13.0. The average Bonchev–Trinajstić information content (AvgIpc) is 3.23. The Morgan fingerprint density at radius 2 is 1.53 bits per heavy atom. The number of rotatable bonds is 3. The van der Waals surface area contributed by atoms with Crippen molar-refractivity contribution in [2.24, 2.45) is 0 Å². The van der Waals surface area contributed by atoms with Crippen LogP contribution in [0.1, 0.15) is 27.0 Å². The molecule has 4 aromatic rings. The molecule has 1 saturated heterocycles. The highest BCUT2D eigenvalue weighted by atomic mass is 16.2. The normalized spacial score (nSPS) is 14.2. The van der Waals surface area contributed by atoms with E-state index < -0.39 is 0 Å². The summed E-state index contributed by atoms with van der Waals surface area (Å²) in [4.78, 5) is 26.0. The zero-order valence-corrected chi connectivity index (χ0v) is 18.5. The molecule has 3 heterocycles. The average molecular weight is 428 g/mol. The molecule has 162 valence electrons. The monoisotopic (exact) mass is 427 g/mol. The van der Waals surface area contributed by atoms with Crippen LogP contribution in [-0.2, 0) is 0 Å². The number of fused-ring (bicyclic) bond motifs is 1. The van der Waals surface area contributed by atoms with E-state index in [0.29, 0.717) is 37.3 Å². The summed E-state index contributed by atoms with van der Waals surface area (Å²) in [6, 6.07) is 14.1. The van der Waals surface area contributed by atoms with Crippen LogP contribution in [0.4, 0.5) is 5.82 Å². The van der Waals surface area contributed by atoms with E-state index in [4.69, 9.17) is 0 Å². The van der Waals surface area contributed by atoms with E-state index in [1.54, 1.807) is 11.0 Å². The molecule has 0 spiro atoms. The Morgan fingerprint density at radius 1 is 0.844 bits per heavy atom. The third-order valence-corrected chi connectivity index (χ3v) is 5.83. The van der Waals surface area contributed by atoms with Crippen molar-refractivity contribution in [1.29, 1.82) is 0 Å². The Morgan fingerprint density at radius 3 is 2.22 bits per heavy atom. The van der Waals surface area contributed by atoms with Crippen LogP contribution in [0.2, 0.25) is 0 Å². The molecule has 0 aliphatic carbocycles. The standard InChI is InChI=1S/C24H25N7O/c1-16-4-6-20(7-5-16)31-23-21(27-28-31)22(25-15-26-23)29-8-10-30(11-9-29)24(32)19-13-17(2)12-18(3)14-19/h4-7,12-15H,8-11H2,1-3H3. The van der Waals surface area contributed by atoms with Crippen LogP contribution in [0, 0.1) is 20.8 Å². The lowest BCUT2D eigenvalue weighted by molar-refractivity contribution is 0.0746. The lowest BCUT2D eigenvalue weighted by Gasteiger charge is -2.35. The molecule has 0 bridgehead atoms. The third-order valence-electron chi connectivity index (χ3n) is 5.83. The number of nitrogens with zero attached hydrogens (tertiary/aromatic N) is 7. The molecule has 1 aliphatic rings. The van der Waals surface area contributed by atoms with E-state index in [1.165, 1.54) is 5.56 Å². The van der Waals surface area contributed by atoms with Crippen molar-refractivity contribution in [3.05, 3.63) is 71.0 Å². The molecule has 1 amide bonds. The lowest BCUT2D eigenvalue weighted by Crippen LogP contribution is -2.49. The van der Waals surface area contributed by atoms with Crippen LogP contribution < -0.4 is 4.90 Å². The summed E-state index contributed by atoms with van der Waals surface area (Å²) in [6.45, 7) is 8.71.